The molecule has 3 aliphatic heterocycles. The van der Waals surface area contributed by atoms with Crippen molar-refractivity contribution < 1.29 is 36.9 Å². The van der Waals surface area contributed by atoms with E-state index in [0.29, 0.717) is 108 Å². The van der Waals surface area contributed by atoms with E-state index in [2.05, 4.69) is 65.7 Å². The Kier molecular flexibility index (Phi) is 16.9. The Labute approximate surface area is 536 Å². The maximum Gasteiger partial charge on any atom is 0.247 e. The van der Waals surface area contributed by atoms with Gasteiger partial charge in [0.15, 0.2) is 0 Å². The number of hydrogen-bond donors (Lipinski definition) is 4. The first kappa shape index (κ1) is 61.2. The fraction of sp³-hybridized carbons (Fsp3) is 0.232. The highest BCUT2D eigenvalue weighted by Gasteiger charge is 2.25. The second kappa shape index (κ2) is 25.9. The van der Waals surface area contributed by atoms with Gasteiger partial charge in [0.05, 0.1) is 62.0 Å². The third-order valence-corrected chi connectivity index (χ3v) is 16.4. The van der Waals surface area contributed by atoms with Crippen molar-refractivity contribution in [3.63, 3.8) is 0 Å². The van der Waals surface area contributed by atoms with Gasteiger partial charge in [-0.25, -0.2) is 52.9 Å². The van der Waals surface area contributed by atoms with Gasteiger partial charge in [-0.2, -0.15) is 0 Å². The Bertz CT molecular complexity index is 5000. The lowest BCUT2D eigenvalue weighted by Gasteiger charge is -2.13. The monoisotopic (exact) mass is 1270 g/mol. The van der Waals surface area contributed by atoms with Crippen molar-refractivity contribution >= 4 is 51.9 Å². The summed E-state index contributed by atoms with van der Waals surface area (Å²) in [5.74, 6) is 3.47. The summed E-state index contributed by atoms with van der Waals surface area (Å²) in [5, 5.41) is 9.77. The molecular formula is C69H62F3N17O5. The van der Waals surface area contributed by atoms with Crippen LogP contribution in [0.2, 0.25) is 0 Å². The van der Waals surface area contributed by atoms with E-state index in [9.17, 15) is 18.0 Å². The number of fused-ring (bicyclic) bond motifs is 6. The molecule has 0 bridgehead atoms. The minimum absolute atomic E-state index is 0.0548. The predicted molar refractivity (Wildman–Crippen MR) is 348 cm³/mol. The number of nitrogens with two attached hydrogens (primary N) is 1. The van der Waals surface area contributed by atoms with Crippen molar-refractivity contribution in [1.29, 1.82) is 0 Å². The number of hydrogen-bond acceptors (Lipinski definition) is 18. The van der Waals surface area contributed by atoms with Gasteiger partial charge in [-0.3, -0.25) is 28.0 Å². The first-order valence-corrected chi connectivity index (χ1v) is 30.2. The molecule has 0 atom stereocenters. The van der Waals surface area contributed by atoms with E-state index in [1.165, 1.54) is 25.3 Å². The van der Waals surface area contributed by atoms with E-state index in [4.69, 9.17) is 31.3 Å². The van der Waals surface area contributed by atoms with Crippen molar-refractivity contribution in [3.8, 4) is 56.5 Å². The molecule has 12 heterocycles. The van der Waals surface area contributed by atoms with Gasteiger partial charge in [0.1, 0.15) is 57.4 Å². The summed E-state index contributed by atoms with van der Waals surface area (Å²) in [7, 11) is 1.48. The first-order chi connectivity index (χ1) is 45.6. The molecule has 15 rings (SSSR count). The van der Waals surface area contributed by atoms with Crippen molar-refractivity contribution in [3.05, 3.63) is 207 Å². The third-order valence-electron chi connectivity index (χ3n) is 16.4. The van der Waals surface area contributed by atoms with Crippen LogP contribution in [0.4, 0.5) is 42.4 Å². The van der Waals surface area contributed by atoms with E-state index >= 15 is 0 Å². The highest BCUT2D eigenvalue weighted by Crippen LogP contribution is 2.37. The molecule has 9 aromatic heterocycles. The highest BCUT2D eigenvalue weighted by atomic mass is 19.1. The van der Waals surface area contributed by atoms with Crippen LogP contribution >= 0.6 is 0 Å². The first-order valence-electron chi connectivity index (χ1n) is 30.2. The van der Waals surface area contributed by atoms with Gasteiger partial charge in [-0.1, -0.05) is 0 Å². The second-order valence-corrected chi connectivity index (χ2v) is 22.8. The molecule has 5 N–H and O–H groups in total. The number of halogens is 3. The molecule has 0 fully saturated rings. The van der Waals surface area contributed by atoms with Gasteiger partial charge < -0.3 is 40.6 Å². The summed E-state index contributed by atoms with van der Waals surface area (Å²) in [6, 6.07) is 16.7. The predicted octanol–water partition coefficient (Wildman–Crippen LogP) is 11.9. The van der Waals surface area contributed by atoms with Crippen LogP contribution in [0.15, 0.2) is 116 Å². The van der Waals surface area contributed by atoms with Gasteiger partial charge in [0.2, 0.25) is 29.4 Å². The Morgan fingerprint density at radius 3 is 1.41 bits per heavy atom. The van der Waals surface area contributed by atoms with Crippen LogP contribution in [0, 0.1) is 51.7 Å². The number of rotatable bonds is 15. The molecule has 3 aromatic carbocycles. The molecule has 0 unspecified atom stereocenters. The number of benzene rings is 3. The van der Waals surface area contributed by atoms with Crippen LogP contribution in [0.1, 0.15) is 68.8 Å². The average Bonchev–Trinajstić information content (AvgIpc) is 1.56. The van der Waals surface area contributed by atoms with Crippen molar-refractivity contribution in [2.24, 2.45) is 0 Å². The zero-order valence-electron chi connectivity index (χ0n) is 52.1. The number of nitrogens with zero attached hydrogens (tertiary/aromatic N) is 13. The molecule has 22 nitrogen and oxygen atoms in total. The number of ketones is 1. The largest absolute Gasteiger partial charge is 0.493 e. The van der Waals surface area contributed by atoms with Crippen molar-refractivity contribution in [2.45, 2.75) is 79.9 Å². The number of aryl methyl sites for hydroxylation is 4. The topological polar surface area (TPSA) is 250 Å². The number of nitrogen functional groups attached to an aromatic ring is 1. The quantitative estimate of drug-likeness (QED) is 0.0696. The summed E-state index contributed by atoms with van der Waals surface area (Å²) < 4.78 is 70.9. The van der Waals surface area contributed by atoms with Gasteiger partial charge >= 0.3 is 0 Å². The molecule has 0 saturated carbocycles. The van der Waals surface area contributed by atoms with E-state index in [-0.39, 0.29) is 48.6 Å². The zero-order chi connectivity index (χ0) is 65.3. The number of imidazole rings is 3. The Hall–Kier alpha value is -11.7. The fourth-order valence-corrected chi connectivity index (χ4v) is 11.8. The van der Waals surface area contributed by atoms with Gasteiger partial charge in [0, 0.05) is 162 Å². The molecule has 0 saturated heterocycles. The zero-order valence-corrected chi connectivity index (χ0v) is 52.1. The fourth-order valence-electron chi connectivity index (χ4n) is 11.8. The summed E-state index contributed by atoms with van der Waals surface area (Å²) in [6.45, 7) is 19.1. The number of nitrogens with one attached hydrogen (secondary N) is 3. The van der Waals surface area contributed by atoms with Crippen LogP contribution in [0.5, 0.6) is 23.1 Å². The maximum absolute atomic E-state index is 14.5. The van der Waals surface area contributed by atoms with Gasteiger partial charge in [0.25, 0.3) is 0 Å². The van der Waals surface area contributed by atoms with E-state index < -0.39 is 0 Å². The lowest BCUT2D eigenvalue weighted by molar-refractivity contribution is -0.116. The molecule has 0 aliphatic carbocycles. The Morgan fingerprint density at radius 2 is 1.00 bits per heavy atom. The maximum atomic E-state index is 14.5. The average molecular weight is 1270 g/mol. The lowest BCUT2D eigenvalue weighted by atomic mass is 10.0. The standard InChI is InChI=1S/C24H22FN5O2.C23H19FN6O2.C22H21FN6O/c1-14-13-30-23(29-14)19(16-5-7-26-17(10-16)9-15(2)31)11-27-24(30)28-12-20-18-6-8-32-22(18)4-3-21(20)25;1-13-12-30-21(29-13)16(14-8-19(25-2)22(31-3)26-9-14)10-27-23(30)28-11-17-15-6-7-32-20(15)5-4-18(17)24;1-12-11-29-21(28-12)16(14-7-19(24)13(2)25-8-14)9-26-22(29)27-10-17-15-5-6-30-20(15)4-3-18(17)23/h3-5,7,10-11,13H,6,8-9,12H2,1-2H3,(H,27,28);4-5,8-10,12H,6-7,11H2,1,3H3,(H,27,28);3-4,7-9,11H,5-6,10,24H2,1-2H3,(H,26,27). The summed E-state index contributed by atoms with van der Waals surface area (Å²) in [5.41, 5.74) is 22.4. The number of aromatic nitrogens is 12. The van der Waals surface area contributed by atoms with Crippen LogP contribution < -0.4 is 40.6 Å². The Morgan fingerprint density at radius 1 is 0.574 bits per heavy atom. The number of anilines is 4. The number of carbonyl (C=O) groups is 1. The number of ether oxygens (including phenoxy) is 4. The molecule has 25 heteroatoms. The van der Waals surface area contributed by atoms with E-state index in [1.54, 1.807) is 68.4 Å². The van der Waals surface area contributed by atoms with Crippen LogP contribution in [-0.4, -0.2) is 90.8 Å². The van der Waals surface area contributed by atoms with E-state index in [0.717, 1.165) is 95.8 Å². The van der Waals surface area contributed by atoms with E-state index in [1.807, 2.05) is 77.7 Å². The van der Waals surface area contributed by atoms with Crippen molar-refractivity contribution in [2.75, 3.05) is 48.6 Å². The normalized spacial score (nSPS) is 12.6. The van der Waals surface area contributed by atoms with Crippen molar-refractivity contribution in [1.82, 2.24) is 58.1 Å². The van der Waals surface area contributed by atoms with Crippen LogP contribution in [-0.2, 0) is 50.1 Å². The molecule has 0 radical (unpaired) electrons. The SMILES string of the molecule is CC(=O)Cc1cc(-c2cnc(NCc3c(F)ccc4c3CCO4)n3cc(C)nc23)ccn1.Cc1cn2c(NCc3c(F)ccc4c3CCO4)ncc(-c3cnc(C)c(N)c3)c2n1.[C-]#[N+]c1cc(-c2cnc(NCc3c(F)ccc4c3CCO4)n3cc(C)nc23)cnc1OC. The number of carbonyl (C=O) groups excluding carboxylic acids is 1. The number of methoxy groups -OCH3 is 1. The Balaban J connectivity index is 0.000000128. The van der Waals surface area contributed by atoms with Crippen LogP contribution in [0.25, 0.3) is 55.2 Å². The number of pyridine rings is 3. The molecule has 0 amide bonds. The molecule has 474 valence electrons. The molecule has 12 aromatic rings. The van der Waals surface area contributed by atoms with Crippen LogP contribution in [0.3, 0.4) is 0 Å². The summed E-state index contributed by atoms with van der Waals surface area (Å²) in [6.07, 6.45) is 18.3. The minimum Gasteiger partial charge on any atom is -0.493 e. The number of Topliss-reactive ketones (excluding diaryl/α,β-unsaturated/α-hetero) is 1. The highest BCUT2D eigenvalue weighted by molar-refractivity contribution is 5.83. The summed E-state index contributed by atoms with van der Waals surface area (Å²) in [4.78, 5) is 55.5. The molecule has 0 spiro atoms. The molecule has 94 heavy (non-hydrogen) atoms. The molecular weight excluding hydrogens is 1200 g/mol. The smallest absolute Gasteiger partial charge is 0.247 e. The third kappa shape index (κ3) is 12.2. The van der Waals surface area contributed by atoms with Gasteiger partial charge in [-0.05, 0) is 106 Å². The summed E-state index contributed by atoms with van der Waals surface area (Å²) >= 11 is 0. The van der Waals surface area contributed by atoms with Gasteiger partial charge in [-0.15, -0.1) is 0 Å². The second-order valence-electron chi connectivity index (χ2n) is 22.8. The lowest BCUT2D eigenvalue weighted by Crippen LogP contribution is -2.09. The molecule has 3 aliphatic rings. The minimum atomic E-state index is -0.271.